The van der Waals surface area contributed by atoms with Crippen LogP contribution in [0, 0.1) is 5.92 Å². The zero-order valence-electron chi connectivity index (χ0n) is 21.0. The first kappa shape index (κ1) is 29.3. The van der Waals surface area contributed by atoms with Crippen molar-refractivity contribution in [1.29, 1.82) is 0 Å². The first-order chi connectivity index (χ1) is 17.3. The van der Waals surface area contributed by atoms with Gasteiger partial charge in [0.05, 0.1) is 17.1 Å². The van der Waals surface area contributed by atoms with Crippen LogP contribution in [-0.2, 0) is 21.4 Å². The molecule has 0 aromatic carbocycles. The van der Waals surface area contributed by atoms with Crippen LogP contribution in [0.3, 0.4) is 0 Å². The van der Waals surface area contributed by atoms with E-state index >= 15 is 0 Å². The number of halogens is 1. The lowest BCUT2D eigenvalue weighted by molar-refractivity contribution is -0.132. The lowest BCUT2D eigenvalue weighted by Crippen LogP contribution is -2.26. The molecule has 0 bridgehead atoms. The van der Waals surface area contributed by atoms with Crippen molar-refractivity contribution in [2.75, 3.05) is 11.9 Å². The van der Waals surface area contributed by atoms with Crippen LogP contribution in [0.4, 0.5) is 15.9 Å². The number of nitrogens with zero attached hydrogens (tertiary/aromatic N) is 3. The number of hydrogen-bond acceptors (Lipinski definition) is 5. The number of aliphatic carboxylic acids is 1. The Morgan fingerprint density at radius 1 is 1.41 bits per heavy atom. The summed E-state index contributed by atoms with van der Waals surface area (Å²) < 4.78 is 15.5. The summed E-state index contributed by atoms with van der Waals surface area (Å²) in [5.41, 5.74) is 1.24. The molecule has 1 heterocycles. The predicted molar refractivity (Wildman–Crippen MR) is 147 cm³/mol. The molecule has 0 aliphatic heterocycles. The lowest BCUT2D eigenvalue weighted by Gasteiger charge is -2.16. The standard InChI is InChI=1S/C26H31FN5O4P/c1-7-8-17(13-15(2)26(4,27)37)14-29-23(33)16(3)20-21(28-5)22(32(6)31-20)30-24(34)18-9-11-19(12-10-18)25(35)36/h7-9,11-13,18H,2-3,5,10,14,37H2,1,4,6H3,(H,29,33)(H,30,34)(H,35,36)/b8-7-,17-13+. The molecule has 0 radical (unpaired) electrons. The predicted octanol–water partition coefficient (Wildman–Crippen LogP) is 4.03. The van der Waals surface area contributed by atoms with E-state index in [1.165, 1.54) is 29.8 Å². The van der Waals surface area contributed by atoms with Gasteiger partial charge in [0, 0.05) is 13.6 Å². The van der Waals surface area contributed by atoms with Gasteiger partial charge in [-0.2, -0.15) is 5.10 Å². The maximum Gasteiger partial charge on any atom is 0.335 e. The van der Waals surface area contributed by atoms with Crippen molar-refractivity contribution in [3.8, 4) is 0 Å². The zero-order valence-corrected chi connectivity index (χ0v) is 22.2. The summed E-state index contributed by atoms with van der Waals surface area (Å²) in [6.45, 7) is 14.3. The number of aromatic nitrogens is 2. The Bertz CT molecular complexity index is 1260. The molecule has 3 unspecified atom stereocenters. The lowest BCUT2D eigenvalue weighted by atomic mass is 9.96. The monoisotopic (exact) mass is 527 g/mol. The molecule has 1 aromatic rings. The van der Waals surface area contributed by atoms with Crippen molar-refractivity contribution in [2.24, 2.45) is 18.0 Å². The number of carboxylic acids is 1. The van der Waals surface area contributed by atoms with Gasteiger partial charge in [-0.1, -0.05) is 58.9 Å². The van der Waals surface area contributed by atoms with E-state index in [4.69, 9.17) is 5.11 Å². The summed E-state index contributed by atoms with van der Waals surface area (Å²) in [6, 6.07) is 0. The van der Waals surface area contributed by atoms with Gasteiger partial charge in [0.1, 0.15) is 16.8 Å². The highest BCUT2D eigenvalue weighted by atomic mass is 31.0. The molecule has 0 spiro atoms. The number of aliphatic imine (C=N–C) groups is 1. The molecule has 196 valence electrons. The van der Waals surface area contributed by atoms with E-state index in [0.29, 0.717) is 5.57 Å². The Balaban J connectivity index is 2.17. The number of alkyl halides is 1. The van der Waals surface area contributed by atoms with Crippen molar-refractivity contribution in [2.45, 2.75) is 25.7 Å². The highest BCUT2D eigenvalue weighted by molar-refractivity contribution is 7.19. The summed E-state index contributed by atoms with van der Waals surface area (Å²) in [6.07, 6.45) is 9.61. The molecule has 0 saturated carbocycles. The molecular weight excluding hydrogens is 496 g/mol. The largest absolute Gasteiger partial charge is 0.478 e. The van der Waals surface area contributed by atoms with Crippen molar-refractivity contribution in [3.05, 3.63) is 72.0 Å². The van der Waals surface area contributed by atoms with Crippen LogP contribution in [0.15, 0.2) is 71.3 Å². The summed E-state index contributed by atoms with van der Waals surface area (Å²) in [4.78, 5) is 40.6. The van der Waals surface area contributed by atoms with Crippen molar-refractivity contribution >= 4 is 50.8 Å². The Kier molecular flexibility index (Phi) is 9.80. The quantitative estimate of drug-likeness (QED) is 0.173. The average Bonchev–Trinajstić information content (AvgIpc) is 3.16. The van der Waals surface area contributed by atoms with Crippen LogP contribution < -0.4 is 10.6 Å². The second-order valence-corrected chi connectivity index (χ2v) is 9.55. The summed E-state index contributed by atoms with van der Waals surface area (Å²) in [7, 11) is 3.63. The van der Waals surface area contributed by atoms with Gasteiger partial charge in [0.15, 0.2) is 5.82 Å². The summed E-state index contributed by atoms with van der Waals surface area (Å²) >= 11 is 0. The number of amides is 2. The van der Waals surface area contributed by atoms with Crippen molar-refractivity contribution < 1.29 is 23.9 Å². The summed E-state index contributed by atoms with van der Waals surface area (Å²) in [5, 5.41) is 17.1. The molecule has 2 rings (SSSR count). The minimum Gasteiger partial charge on any atom is -0.478 e. The highest BCUT2D eigenvalue weighted by Gasteiger charge is 2.26. The van der Waals surface area contributed by atoms with E-state index in [9.17, 15) is 18.8 Å². The second-order valence-electron chi connectivity index (χ2n) is 8.46. The molecule has 0 saturated heterocycles. The number of allylic oxidation sites excluding steroid dienone is 4. The van der Waals surface area contributed by atoms with Crippen molar-refractivity contribution in [3.63, 3.8) is 0 Å². The molecule has 9 nitrogen and oxygen atoms in total. The Labute approximate surface area is 217 Å². The zero-order chi connectivity index (χ0) is 27.9. The molecule has 0 fully saturated rings. The SMILES string of the molecule is C=Nc1c(C(=C)C(=O)NCC(/C=C\C)=C/C(=C)C(C)(F)P)nn(C)c1NC(=O)C1C=CC(C(=O)O)=CC1. The van der Waals surface area contributed by atoms with E-state index in [0.717, 1.165) is 0 Å². The van der Waals surface area contributed by atoms with Gasteiger partial charge in [-0.15, -0.1) is 0 Å². The molecule has 1 aliphatic rings. The number of aryl methyl sites for hydroxylation is 1. The molecular formula is C26H31FN5O4P. The average molecular weight is 528 g/mol. The smallest absolute Gasteiger partial charge is 0.335 e. The third kappa shape index (κ3) is 7.54. The second kappa shape index (κ2) is 12.4. The number of carbonyl (C=O) groups excluding carboxylic acids is 2. The van der Waals surface area contributed by atoms with Gasteiger partial charge < -0.3 is 15.7 Å². The normalized spacial score (nSPS) is 17.1. The van der Waals surface area contributed by atoms with E-state index in [-0.39, 0.29) is 46.9 Å². The topological polar surface area (TPSA) is 126 Å². The molecule has 1 aliphatic carbocycles. The van der Waals surface area contributed by atoms with Gasteiger partial charge in [0.25, 0.3) is 5.91 Å². The molecule has 3 atom stereocenters. The Morgan fingerprint density at radius 2 is 2.08 bits per heavy atom. The molecule has 37 heavy (non-hydrogen) atoms. The van der Waals surface area contributed by atoms with E-state index in [1.54, 1.807) is 32.2 Å². The number of anilines is 1. The minimum absolute atomic E-state index is 0.00914. The first-order valence-electron chi connectivity index (χ1n) is 11.2. The fourth-order valence-electron chi connectivity index (χ4n) is 3.32. The maximum atomic E-state index is 14.1. The fourth-order valence-corrected chi connectivity index (χ4v) is 3.41. The fraction of sp³-hybridized carbons (Fsp3) is 0.269. The van der Waals surface area contributed by atoms with Gasteiger partial charge in [-0.25, -0.2) is 13.9 Å². The maximum absolute atomic E-state index is 14.1. The van der Waals surface area contributed by atoms with Gasteiger partial charge in [0.2, 0.25) is 5.91 Å². The van der Waals surface area contributed by atoms with E-state index in [1.807, 2.05) is 0 Å². The highest BCUT2D eigenvalue weighted by Crippen LogP contribution is 2.33. The molecule has 11 heteroatoms. The third-order valence-corrected chi connectivity index (χ3v) is 5.86. The van der Waals surface area contributed by atoms with E-state index in [2.05, 4.69) is 49.8 Å². The van der Waals surface area contributed by atoms with Gasteiger partial charge in [-0.05, 0) is 38.1 Å². The summed E-state index contributed by atoms with van der Waals surface area (Å²) in [5.74, 6) is -2.40. The van der Waals surface area contributed by atoms with Gasteiger partial charge >= 0.3 is 5.97 Å². The minimum atomic E-state index is -1.69. The van der Waals surface area contributed by atoms with Crippen LogP contribution in [-0.4, -0.2) is 51.3 Å². The van der Waals surface area contributed by atoms with E-state index < -0.39 is 29.1 Å². The first-order valence-corrected chi connectivity index (χ1v) is 11.8. The van der Waals surface area contributed by atoms with Gasteiger partial charge in [-0.3, -0.25) is 14.6 Å². The Hall–Kier alpha value is -3.91. The number of hydrogen-bond donors (Lipinski definition) is 3. The number of nitrogens with one attached hydrogen (secondary N) is 2. The van der Waals surface area contributed by atoms with Crippen LogP contribution >= 0.6 is 9.24 Å². The number of rotatable bonds is 11. The molecule has 1 aromatic heterocycles. The van der Waals surface area contributed by atoms with Crippen LogP contribution in [0.25, 0.3) is 5.57 Å². The molecule has 3 N–H and O–H groups in total. The Morgan fingerprint density at radius 3 is 2.59 bits per heavy atom. The number of carboxylic acid groups (broad SMARTS) is 1. The van der Waals surface area contributed by atoms with Crippen LogP contribution in [0.5, 0.6) is 0 Å². The third-order valence-electron chi connectivity index (χ3n) is 5.49. The number of carbonyl (C=O) groups is 3. The van der Waals surface area contributed by atoms with Crippen LogP contribution in [0.2, 0.25) is 0 Å². The van der Waals surface area contributed by atoms with Crippen molar-refractivity contribution in [1.82, 2.24) is 15.1 Å². The van der Waals surface area contributed by atoms with Crippen LogP contribution in [0.1, 0.15) is 26.0 Å². The molecule has 2 amide bonds.